The predicted octanol–water partition coefficient (Wildman–Crippen LogP) is 5.05. The van der Waals surface area contributed by atoms with Crippen molar-refractivity contribution in [3.8, 4) is 17.0 Å². The van der Waals surface area contributed by atoms with Crippen LogP contribution in [0.2, 0.25) is 5.02 Å². The molecule has 1 aliphatic carbocycles. The lowest BCUT2D eigenvalue weighted by Crippen LogP contribution is -1.89. The van der Waals surface area contributed by atoms with Gasteiger partial charge in [0.15, 0.2) is 0 Å². The molecule has 2 aromatic carbocycles. The molecule has 0 fully saturated rings. The van der Waals surface area contributed by atoms with Crippen molar-refractivity contribution in [3.05, 3.63) is 58.6 Å². The van der Waals surface area contributed by atoms with Gasteiger partial charge in [-0.15, -0.1) is 17.0 Å². The van der Waals surface area contributed by atoms with Gasteiger partial charge in [0.1, 0.15) is 5.75 Å². The van der Waals surface area contributed by atoms with Crippen molar-refractivity contribution in [2.45, 2.75) is 6.42 Å². The van der Waals surface area contributed by atoms with Gasteiger partial charge >= 0.3 is 0 Å². The van der Waals surface area contributed by atoms with Crippen LogP contribution in [0.15, 0.2) is 42.5 Å². The molecule has 4 heteroatoms. The lowest BCUT2D eigenvalue weighted by atomic mass is 10.1. The Morgan fingerprint density at radius 1 is 1.14 bits per heavy atom. The van der Waals surface area contributed by atoms with Gasteiger partial charge in [-0.2, -0.15) is 0 Å². The molecule has 0 saturated heterocycles. The van der Waals surface area contributed by atoms with Gasteiger partial charge in [0.2, 0.25) is 0 Å². The molecule has 1 aromatic heterocycles. The Kier molecular flexibility index (Phi) is 3.64. The number of fused-ring (bicyclic) bond motifs is 4. The van der Waals surface area contributed by atoms with E-state index in [-0.39, 0.29) is 17.0 Å². The first kappa shape index (κ1) is 14.4. The number of nitrogens with zero attached hydrogens (tertiary/aromatic N) is 1. The zero-order chi connectivity index (χ0) is 13.7. The first-order chi connectivity index (χ1) is 9.78. The summed E-state index contributed by atoms with van der Waals surface area (Å²) in [6.45, 7) is 0. The highest BCUT2D eigenvalue weighted by Crippen LogP contribution is 2.42. The Labute approximate surface area is 138 Å². The smallest absolute Gasteiger partial charge is 0.119 e. The zero-order valence-electron chi connectivity index (χ0n) is 11.4. The third kappa shape index (κ3) is 2.12. The number of hydrogen-bond donors (Lipinski definition) is 0. The fourth-order valence-electron chi connectivity index (χ4n) is 2.86. The summed E-state index contributed by atoms with van der Waals surface area (Å²) in [5.41, 5.74) is 5.46. The van der Waals surface area contributed by atoms with Crippen molar-refractivity contribution in [3.63, 3.8) is 0 Å². The second-order valence-electron chi connectivity index (χ2n) is 4.97. The second-order valence-corrected chi connectivity index (χ2v) is 5.35. The maximum absolute atomic E-state index is 6.58. The molecule has 0 unspecified atom stereocenters. The van der Waals surface area contributed by atoms with Crippen LogP contribution in [0.4, 0.5) is 0 Å². The molecular weight excluding hydrogens is 350 g/mol. The number of rotatable bonds is 1. The third-order valence-corrected chi connectivity index (χ3v) is 4.29. The number of benzene rings is 2. The van der Waals surface area contributed by atoms with Gasteiger partial charge in [-0.25, -0.2) is 4.98 Å². The fourth-order valence-corrected chi connectivity index (χ4v) is 3.18. The minimum Gasteiger partial charge on any atom is -0.497 e. The van der Waals surface area contributed by atoms with Crippen molar-refractivity contribution >= 4 is 39.5 Å². The second kappa shape index (κ2) is 5.32. The molecule has 0 amide bonds. The molecule has 2 nitrogen and oxygen atoms in total. The van der Waals surface area contributed by atoms with Crippen LogP contribution in [0.3, 0.4) is 0 Å². The van der Waals surface area contributed by atoms with Crippen LogP contribution in [0.25, 0.3) is 22.2 Å². The molecule has 21 heavy (non-hydrogen) atoms. The Morgan fingerprint density at radius 2 is 1.95 bits per heavy atom. The monoisotopic (exact) mass is 361 g/mol. The lowest BCUT2D eigenvalue weighted by molar-refractivity contribution is 0.414. The summed E-state index contributed by atoms with van der Waals surface area (Å²) in [5, 5.41) is 1.84. The van der Waals surface area contributed by atoms with Crippen molar-refractivity contribution < 1.29 is 4.74 Å². The summed E-state index contributed by atoms with van der Waals surface area (Å²) in [4.78, 5) is 4.79. The van der Waals surface area contributed by atoms with Crippen molar-refractivity contribution in [1.29, 1.82) is 0 Å². The summed E-state index contributed by atoms with van der Waals surface area (Å²) in [6.07, 6.45) is 0.818. The molecule has 1 aliphatic rings. The summed E-state index contributed by atoms with van der Waals surface area (Å²) >= 11 is 6.58. The molecule has 0 saturated carbocycles. The van der Waals surface area contributed by atoms with Crippen LogP contribution in [0, 0.1) is 0 Å². The Bertz CT molecular complexity index is 848. The van der Waals surface area contributed by atoms with Gasteiger partial charge < -0.3 is 4.74 Å². The van der Waals surface area contributed by atoms with Crippen LogP contribution in [-0.2, 0) is 6.42 Å². The van der Waals surface area contributed by atoms with Gasteiger partial charge in [0.05, 0.1) is 23.3 Å². The van der Waals surface area contributed by atoms with Gasteiger partial charge in [-0.05, 0) is 29.8 Å². The van der Waals surface area contributed by atoms with E-state index < -0.39 is 0 Å². The fraction of sp³-hybridized carbons (Fsp3) is 0.118. The van der Waals surface area contributed by atoms with E-state index in [2.05, 4.69) is 12.1 Å². The van der Waals surface area contributed by atoms with Gasteiger partial charge in [-0.3, -0.25) is 0 Å². The quantitative estimate of drug-likeness (QED) is 0.473. The highest BCUT2D eigenvalue weighted by atomic mass is 79.9. The predicted molar refractivity (Wildman–Crippen MR) is 91.9 cm³/mol. The van der Waals surface area contributed by atoms with Gasteiger partial charge in [0, 0.05) is 22.9 Å². The first-order valence-corrected chi connectivity index (χ1v) is 6.90. The number of methoxy groups -OCH3 is 1. The maximum Gasteiger partial charge on any atom is 0.119 e. The van der Waals surface area contributed by atoms with E-state index in [1.165, 1.54) is 5.56 Å². The lowest BCUT2D eigenvalue weighted by Gasteiger charge is -2.06. The van der Waals surface area contributed by atoms with Gasteiger partial charge in [-0.1, -0.05) is 29.8 Å². The molecule has 0 radical (unpaired) electrons. The van der Waals surface area contributed by atoms with E-state index in [0.717, 1.165) is 44.9 Å². The van der Waals surface area contributed by atoms with E-state index in [1.807, 2.05) is 30.3 Å². The molecular formula is C17H13BrClNO. The number of pyridine rings is 1. The molecule has 4 rings (SSSR count). The van der Waals surface area contributed by atoms with E-state index in [0.29, 0.717) is 0 Å². The highest BCUT2D eigenvalue weighted by molar-refractivity contribution is 8.93. The average Bonchev–Trinajstić information content (AvgIpc) is 2.85. The first-order valence-electron chi connectivity index (χ1n) is 6.52. The van der Waals surface area contributed by atoms with E-state index >= 15 is 0 Å². The Morgan fingerprint density at radius 3 is 2.76 bits per heavy atom. The highest BCUT2D eigenvalue weighted by Gasteiger charge is 2.24. The number of para-hydroxylation sites is 1. The molecule has 0 atom stereocenters. The molecule has 0 aliphatic heterocycles. The van der Waals surface area contributed by atoms with Crippen LogP contribution in [-0.4, -0.2) is 12.1 Å². The minimum absolute atomic E-state index is 0. The van der Waals surface area contributed by atoms with Crippen LogP contribution in [0.5, 0.6) is 5.75 Å². The summed E-state index contributed by atoms with van der Waals surface area (Å²) in [5.74, 6) is 0.872. The van der Waals surface area contributed by atoms with Crippen LogP contribution >= 0.6 is 28.6 Å². The van der Waals surface area contributed by atoms with Crippen LogP contribution in [0.1, 0.15) is 11.1 Å². The minimum atomic E-state index is 0. The van der Waals surface area contributed by atoms with E-state index in [9.17, 15) is 0 Å². The Hall–Kier alpha value is -1.58. The normalized spacial score (nSPS) is 11.7. The van der Waals surface area contributed by atoms with Crippen molar-refractivity contribution in [1.82, 2.24) is 4.98 Å². The SMILES string of the molecule is Br.COc1ccc2c(c1)Cc1c-2nc2ccccc2c1Cl. The topological polar surface area (TPSA) is 22.1 Å². The number of aromatic nitrogens is 1. The molecule has 0 bridgehead atoms. The summed E-state index contributed by atoms with van der Waals surface area (Å²) in [6, 6.07) is 14.1. The van der Waals surface area contributed by atoms with Crippen molar-refractivity contribution in [2.24, 2.45) is 0 Å². The zero-order valence-corrected chi connectivity index (χ0v) is 13.9. The largest absolute Gasteiger partial charge is 0.497 e. The Balaban J connectivity index is 0.00000132. The molecule has 0 spiro atoms. The summed E-state index contributed by atoms with van der Waals surface area (Å²) in [7, 11) is 1.68. The summed E-state index contributed by atoms with van der Waals surface area (Å²) < 4.78 is 5.29. The van der Waals surface area contributed by atoms with Crippen molar-refractivity contribution in [2.75, 3.05) is 7.11 Å². The van der Waals surface area contributed by atoms with E-state index in [1.54, 1.807) is 7.11 Å². The number of halogens is 2. The molecule has 106 valence electrons. The molecule has 1 heterocycles. The molecule has 0 N–H and O–H groups in total. The number of ether oxygens (including phenoxy) is 1. The molecule has 3 aromatic rings. The maximum atomic E-state index is 6.58. The average molecular weight is 363 g/mol. The third-order valence-electron chi connectivity index (χ3n) is 3.86. The number of hydrogen-bond acceptors (Lipinski definition) is 2. The standard InChI is InChI=1S/C17H12ClNO.BrH/c1-20-11-6-7-12-10(8-11)9-14-16(18)13-4-2-3-5-15(13)19-17(12)14;/h2-8H,9H2,1H3;1H. The van der Waals surface area contributed by atoms with E-state index in [4.69, 9.17) is 21.3 Å². The van der Waals surface area contributed by atoms with Gasteiger partial charge in [0.25, 0.3) is 0 Å². The van der Waals surface area contributed by atoms with Crippen LogP contribution < -0.4 is 4.74 Å².